The molecule has 5 rings (SSSR count). The van der Waals surface area contributed by atoms with E-state index in [2.05, 4.69) is 50.7 Å². The van der Waals surface area contributed by atoms with Crippen molar-refractivity contribution < 1.29 is 0 Å². The normalized spacial score (nSPS) is 16.9. The maximum Gasteiger partial charge on any atom is 0.230 e. The highest BCUT2D eigenvalue weighted by molar-refractivity contribution is 5.57. The summed E-state index contributed by atoms with van der Waals surface area (Å²) < 4.78 is 1.94. The molecule has 4 aromatic rings. The molecule has 1 aromatic carbocycles. The van der Waals surface area contributed by atoms with Crippen molar-refractivity contribution in [2.45, 2.75) is 19.3 Å². The molecule has 27 heavy (non-hydrogen) atoms. The second-order valence-electron chi connectivity index (χ2n) is 6.99. The van der Waals surface area contributed by atoms with Gasteiger partial charge in [-0.3, -0.25) is 9.50 Å². The standard InChI is InChI=1S/C20H21N7/c1-14-12-17(25-24-14)21-20-23-19(22-18-8-5-10-27(18)20)26-11-9-16(13-26)15-6-3-2-4-7-15/h2-8,10,12,16H,9,11,13H2,1H3,(H2,21,22,23,24,25). The molecule has 136 valence electrons. The number of benzene rings is 1. The first-order chi connectivity index (χ1) is 13.3. The van der Waals surface area contributed by atoms with Crippen molar-refractivity contribution in [2.24, 2.45) is 0 Å². The smallest absolute Gasteiger partial charge is 0.230 e. The van der Waals surface area contributed by atoms with Gasteiger partial charge in [-0.25, -0.2) is 0 Å². The Morgan fingerprint density at radius 1 is 1.11 bits per heavy atom. The average Bonchev–Trinajstić information content (AvgIpc) is 3.42. The van der Waals surface area contributed by atoms with E-state index >= 15 is 0 Å². The second-order valence-corrected chi connectivity index (χ2v) is 6.99. The number of aryl methyl sites for hydroxylation is 1. The molecule has 3 aromatic heterocycles. The van der Waals surface area contributed by atoms with Crippen molar-refractivity contribution in [1.82, 2.24) is 24.6 Å². The number of fused-ring (bicyclic) bond motifs is 1. The zero-order valence-electron chi connectivity index (χ0n) is 15.1. The summed E-state index contributed by atoms with van der Waals surface area (Å²) in [6.45, 7) is 3.86. The van der Waals surface area contributed by atoms with E-state index in [4.69, 9.17) is 9.97 Å². The van der Waals surface area contributed by atoms with Crippen LogP contribution in [0.4, 0.5) is 17.7 Å². The molecule has 0 bridgehead atoms. The third-order valence-corrected chi connectivity index (χ3v) is 5.06. The Hall–Kier alpha value is -3.35. The quantitative estimate of drug-likeness (QED) is 0.583. The minimum atomic E-state index is 0.517. The highest BCUT2D eigenvalue weighted by Crippen LogP contribution is 2.30. The van der Waals surface area contributed by atoms with Gasteiger partial charge in [-0.05, 0) is 31.0 Å². The summed E-state index contributed by atoms with van der Waals surface area (Å²) >= 11 is 0. The second kappa shape index (κ2) is 6.42. The van der Waals surface area contributed by atoms with Crippen LogP contribution in [0.25, 0.3) is 5.65 Å². The Labute approximate surface area is 157 Å². The maximum absolute atomic E-state index is 4.80. The predicted molar refractivity (Wildman–Crippen MR) is 106 cm³/mol. The van der Waals surface area contributed by atoms with Crippen LogP contribution < -0.4 is 10.2 Å². The fourth-order valence-corrected chi connectivity index (χ4v) is 3.68. The highest BCUT2D eigenvalue weighted by atomic mass is 15.3. The van der Waals surface area contributed by atoms with Gasteiger partial charge in [-0.2, -0.15) is 15.1 Å². The zero-order valence-corrected chi connectivity index (χ0v) is 15.1. The number of hydrogen-bond acceptors (Lipinski definition) is 5. The lowest BCUT2D eigenvalue weighted by molar-refractivity contribution is 0.772. The van der Waals surface area contributed by atoms with Gasteiger partial charge in [0, 0.05) is 37.0 Å². The largest absolute Gasteiger partial charge is 0.340 e. The summed E-state index contributed by atoms with van der Waals surface area (Å²) in [5.74, 6) is 2.74. The lowest BCUT2D eigenvalue weighted by Gasteiger charge is -2.18. The molecule has 1 fully saturated rings. The Kier molecular flexibility index (Phi) is 3.78. The van der Waals surface area contributed by atoms with Crippen LogP contribution in [-0.2, 0) is 0 Å². The third kappa shape index (κ3) is 3.01. The molecule has 0 saturated carbocycles. The van der Waals surface area contributed by atoms with E-state index in [0.29, 0.717) is 5.92 Å². The number of aromatic amines is 1. The molecular formula is C20H21N7. The molecule has 1 saturated heterocycles. The van der Waals surface area contributed by atoms with E-state index in [1.807, 2.05) is 35.7 Å². The van der Waals surface area contributed by atoms with Crippen molar-refractivity contribution >= 4 is 23.4 Å². The van der Waals surface area contributed by atoms with E-state index < -0.39 is 0 Å². The molecule has 0 aliphatic carbocycles. The molecule has 0 amide bonds. The Morgan fingerprint density at radius 3 is 2.81 bits per heavy atom. The molecule has 7 heteroatoms. The summed E-state index contributed by atoms with van der Waals surface area (Å²) in [5.41, 5.74) is 3.26. The number of nitrogens with zero attached hydrogens (tertiary/aromatic N) is 5. The van der Waals surface area contributed by atoms with Crippen LogP contribution in [0, 0.1) is 6.92 Å². The molecule has 1 atom stereocenters. The summed E-state index contributed by atoms with van der Waals surface area (Å²) in [7, 11) is 0. The number of H-pyrrole nitrogens is 1. The van der Waals surface area contributed by atoms with Crippen LogP contribution >= 0.6 is 0 Å². The third-order valence-electron chi connectivity index (χ3n) is 5.06. The molecule has 1 aliphatic rings. The minimum Gasteiger partial charge on any atom is -0.340 e. The lowest BCUT2D eigenvalue weighted by Crippen LogP contribution is -2.23. The number of rotatable bonds is 4. The number of aromatic nitrogens is 5. The molecule has 0 radical (unpaired) electrons. The van der Waals surface area contributed by atoms with Crippen LogP contribution in [-0.4, -0.2) is 37.7 Å². The SMILES string of the molecule is Cc1cc(Nc2nc(N3CCC(c4ccccc4)C3)nc3cccn23)n[nH]1. The van der Waals surface area contributed by atoms with Crippen molar-refractivity contribution in [1.29, 1.82) is 0 Å². The molecule has 7 nitrogen and oxygen atoms in total. The topological polar surface area (TPSA) is 74.1 Å². The highest BCUT2D eigenvalue weighted by Gasteiger charge is 2.26. The van der Waals surface area contributed by atoms with E-state index in [0.717, 1.165) is 48.6 Å². The van der Waals surface area contributed by atoms with E-state index in [9.17, 15) is 0 Å². The van der Waals surface area contributed by atoms with Crippen molar-refractivity contribution in [2.75, 3.05) is 23.3 Å². The first kappa shape index (κ1) is 15.9. The predicted octanol–water partition coefficient (Wildman–Crippen LogP) is 3.50. The van der Waals surface area contributed by atoms with Gasteiger partial charge in [0.15, 0.2) is 5.82 Å². The van der Waals surface area contributed by atoms with Crippen molar-refractivity contribution in [3.05, 3.63) is 66.0 Å². The van der Waals surface area contributed by atoms with E-state index in [1.165, 1.54) is 5.56 Å². The van der Waals surface area contributed by atoms with Gasteiger partial charge in [-0.1, -0.05) is 30.3 Å². The molecule has 0 spiro atoms. The van der Waals surface area contributed by atoms with E-state index in [1.54, 1.807) is 0 Å². The molecule has 4 heterocycles. The first-order valence-electron chi connectivity index (χ1n) is 9.20. The summed E-state index contributed by atoms with van der Waals surface area (Å²) in [5, 5.41) is 10.5. The van der Waals surface area contributed by atoms with Crippen LogP contribution in [0.3, 0.4) is 0 Å². The number of nitrogens with one attached hydrogen (secondary N) is 2. The van der Waals surface area contributed by atoms with Crippen LogP contribution in [0.2, 0.25) is 0 Å². The van der Waals surface area contributed by atoms with Gasteiger partial charge in [0.25, 0.3) is 0 Å². The summed E-state index contributed by atoms with van der Waals surface area (Å²) in [4.78, 5) is 11.8. The van der Waals surface area contributed by atoms with Gasteiger partial charge in [0.1, 0.15) is 5.65 Å². The van der Waals surface area contributed by atoms with Gasteiger partial charge < -0.3 is 10.2 Å². The first-order valence-corrected chi connectivity index (χ1v) is 9.20. The van der Waals surface area contributed by atoms with Gasteiger partial charge in [0.2, 0.25) is 11.9 Å². The monoisotopic (exact) mass is 359 g/mol. The van der Waals surface area contributed by atoms with Gasteiger partial charge in [0.05, 0.1) is 0 Å². The Morgan fingerprint density at radius 2 is 2.00 bits per heavy atom. The number of anilines is 3. The summed E-state index contributed by atoms with van der Waals surface area (Å²) in [6.07, 6.45) is 3.07. The molecule has 1 unspecified atom stereocenters. The van der Waals surface area contributed by atoms with Gasteiger partial charge >= 0.3 is 0 Å². The van der Waals surface area contributed by atoms with Crippen LogP contribution in [0.1, 0.15) is 23.6 Å². The van der Waals surface area contributed by atoms with Gasteiger partial charge in [-0.15, -0.1) is 0 Å². The Bertz CT molecular complexity index is 1070. The number of hydrogen-bond donors (Lipinski definition) is 2. The maximum atomic E-state index is 4.80. The minimum absolute atomic E-state index is 0.517. The van der Waals surface area contributed by atoms with Crippen molar-refractivity contribution in [3.8, 4) is 0 Å². The van der Waals surface area contributed by atoms with Crippen LogP contribution in [0.5, 0.6) is 0 Å². The summed E-state index contributed by atoms with van der Waals surface area (Å²) in [6, 6.07) is 16.6. The fourth-order valence-electron chi connectivity index (χ4n) is 3.68. The fraction of sp³-hybridized carbons (Fsp3) is 0.250. The molecule has 2 N–H and O–H groups in total. The molecule has 1 aliphatic heterocycles. The van der Waals surface area contributed by atoms with Crippen molar-refractivity contribution in [3.63, 3.8) is 0 Å². The lowest BCUT2D eigenvalue weighted by atomic mass is 9.99. The Balaban J connectivity index is 1.45. The zero-order chi connectivity index (χ0) is 18.2. The average molecular weight is 359 g/mol. The van der Waals surface area contributed by atoms with Crippen LogP contribution in [0.15, 0.2) is 54.7 Å². The van der Waals surface area contributed by atoms with E-state index in [-0.39, 0.29) is 0 Å². The molecular weight excluding hydrogens is 338 g/mol.